The third-order valence-corrected chi connectivity index (χ3v) is 11.9. The Morgan fingerprint density at radius 3 is 2.21 bits per heavy atom. The molecule has 0 fully saturated rings. The van der Waals surface area contributed by atoms with Crippen molar-refractivity contribution in [3.8, 4) is 0 Å². The maximum absolute atomic E-state index is 11.4. The Balaban J connectivity index is 1.90. The summed E-state index contributed by atoms with van der Waals surface area (Å²) in [4.78, 5) is 0. The summed E-state index contributed by atoms with van der Waals surface area (Å²) in [5.41, 5.74) is 3.00. The molecule has 0 amide bonds. The molecule has 0 saturated heterocycles. The normalized spacial score (nSPS) is 14.0. The van der Waals surface area contributed by atoms with Gasteiger partial charge in [-0.05, 0) is 0 Å². The zero-order valence-electron chi connectivity index (χ0n) is 15.1. The molecule has 6 heteroatoms. The molecule has 0 spiro atoms. The van der Waals surface area contributed by atoms with Gasteiger partial charge in [0.2, 0.25) is 0 Å². The summed E-state index contributed by atoms with van der Waals surface area (Å²) in [6.45, 7) is 0. The molecule has 0 radical (unpaired) electrons. The molecule has 4 aromatic rings. The average Bonchev–Trinajstić information content (AvgIpc) is 2.72. The molecule has 4 nitrogen and oxygen atoms in total. The predicted octanol–water partition coefficient (Wildman–Crippen LogP) is 0.0457. The Morgan fingerprint density at radius 1 is 0.690 bits per heavy atom. The number of hydrogen-bond donors (Lipinski definition) is 0. The minimum absolute atomic E-state index is 0.824. The summed E-state index contributed by atoms with van der Waals surface area (Å²) in [5.74, 6) is 0. The number of halogens is 1. The van der Waals surface area contributed by atoms with Crippen molar-refractivity contribution in [1.82, 2.24) is 0 Å². The standard InChI is InChI=1S/C23H15ClO4Te/c25-24(26,27)28-29-21-11-5-3-9-19(21)23(20-10-4-6-12-22(20)29)18-14-13-16-7-1-2-8-17(16)15-18/h1-15H. The van der Waals surface area contributed by atoms with Crippen LogP contribution in [0.2, 0.25) is 0 Å². The van der Waals surface area contributed by atoms with Crippen LogP contribution in [-0.2, 0) is 2.65 Å². The van der Waals surface area contributed by atoms with E-state index >= 15 is 0 Å². The van der Waals surface area contributed by atoms with Crippen LogP contribution in [0.25, 0.3) is 16.3 Å². The van der Waals surface area contributed by atoms with Crippen molar-refractivity contribution >= 4 is 39.4 Å². The Labute approximate surface area is 176 Å². The van der Waals surface area contributed by atoms with Crippen LogP contribution < -0.4 is 22.8 Å². The fourth-order valence-electron chi connectivity index (χ4n) is 3.73. The second kappa shape index (κ2) is 7.32. The van der Waals surface area contributed by atoms with Crippen LogP contribution in [-0.4, -0.2) is 19.5 Å². The van der Waals surface area contributed by atoms with E-state index in [2.05, 4.69) is 30.3 Å². The van der Waals surface area contributed by atoms with E-state index in [1.807, 2.05) is 60.7 Å². The molecule has 1 aliphatic heterocycles. The molecule has 29 heavy (non-hydrogen) atoms. The Kier molecular flexibility index (Phi) is 4.78. The average molecular weight is 518 g/mol. The van der Waals surface area contributed by atoms with E-state index in [1.54, 1.807) is 0 Å². The monoisotopic (exact) mass is 520 g/mol. The van der Waals surface area contributed by atoms with Crippen LogP contribution >= 0.6 is 0 Å². The third kappa shape index (κ3) is 3.52. The van der Waals surface area contributed by atoms with E-state index in [1.165, 1.54) is 0 Å². The van der Waals surface area contributed by atoms with E-state index in [4.69, 9.17) is 2.65 Å². The van der Waals surface area contributed by atoms with Crippen molar-refractivity contribution in [3.63, 3.8) is 0 Å². The first kappa shape index (κ1) is 18.9. The number of rotatable bonds is 3. The first-order valence-electron chi connectivity index (χ1n) is 8.91. The van der Waals surface area contributed by atoms with Gasteiger partial charge in [0, 0.05) is 0 Å². The van der Waals surface area contributed by atoms with Gasteiger partial charge in [0.15, 0.2) is 0 Å². The van der Waals surface area contributed by atoms with Gasteiger partial charge in [-0.15, -0.1) is 0 Å². The van der Waals surface area contributed by atoms with Crippen molar-refractivity contribution in [3.05, 3.63) is 111 Å². The number of benzene rings is 4. The number of fused-ring (bicyclic) bond motifs is 3. The second-order valence-electron chi connectivity index (χ2n) is 6.64. The van der Waals surface area contributed by atoms with Crippen LogP contribution in [0.15, 0.2) is 91.0 Å². The van der Waals surface area contributed by atoms with Gasteiger partial charge in [0.25, 0.3) is 0 Å². The van der Waals surface area contributed by atoms with Gasteiger partial charge in [-0.2, -0.15) is 0 Å². The van der Waals surface area contributed by atoms with Gasteiger partial charge < -0.3 is 0 Å². The fourth-order valence-corrected chi connectivity index (χ4v) is 10.4. The minimum atomic E-state index is -4.50. The van der Waals surface area contributed by atoms with E-state index in [9.17, 15) is 14.0 Å². The van der Waals surface area contributed by atoms with Gasteiger partial charge in [0.05, 0.1) is 0 Å². The summed E-state index contributed by atoms with van der Waals surface area (Å²) in [6.07, 6.45) is 0. The molecular weight excluding hydrogens is 503 g/mol. The molecule has 5 rings (SSSR count). The maximum atomic E-state index is 11.4. The number of hydrogen-bond acceptors (Lipinski definition) is 4. The summed E-state index contributed by atoms with van der Waals surface area (Å²) >= 11 is -3.08. The first-order valence-corrected chi connectivity index (χ1v) is 13.4. The topological polar surface area (TPSA) is 78.4 Å². The molecule has 0 aliphatic carbocycles. The third-order valence-electron chi connectivity index (χ3n) is 4.89. The van der Waals surface area contributed by atoms with Crippen molar-refractivity contribution < 1.29 is 26.9 Å². The molecular formula is C23H15ClO4Te. The van der Waals surface area contributed by atoms with Crippen molar-refractivity contribution in [2.75, 3.05) is 0 Å². The second-order valence-corrected chi connectivity index (χ2v) is 12.6. The molecule has 0 unspecified atom stereocenters. The van der Waals surface area contributed by atoms with Gasteiger partial charge in [-0.3, -0.25) is 0 Å². The van der Waals surface area contributed by atoms with Crippen molar-refractivity contribution in [1.29, 1.82) is 0 Å². The van der Waals surface area contributed by atoms with Gasteiger partial charge in [-0.25, -0.2) is 0 Å². The van der Waals surface area contributed by atoms with Crippen molar-refractivity contribution in [2.45, 2.75) is 0 Å². The Hall–Kier alpha value is -2.07. The molecule has 0 aromatic heterocycles. The van der Waals surface area contributed by atoms with E-state index in [0.717, 1.165) is 39.5 Å². The van der Waals surface area contributed by atoms with Crippen LogP contribution in [0.3, 0.4) is 0 Å². The first-order chi connectivity index (χ1) is 14.0. The van der Waals surface area contributed by atoms with Crippen LogP contribution in [0, 0.1) is 13.4 Å². The van der Waals surface area contributed by atoms with Crippen LogP contribution in [0.4, 0.5) is 0 Å². The zero-order chi connectivity index (χ0) is 20.0. The van der Waals surface area contributed by atoms with Crippen LogP contribution in [0.5, 0.6) is 0 Å². The predicted molar refractivity (Wildman–Crippen MR) is 103 cm³/mol. The molecule has 4 aromatic carbocycles. The molecule has 144 valence electrons. The summed E-state index contributed by atoms with van der Waals surface area (Å²) in [5, 5.41) is 3.21. The Morgan fingerprint density at radius 2 is 1.38 bits per heavy atom. The summed E-state index contributed by atoms with van der Waals surface area (Å²) < 4.78 is 41.1. The molecule has 0 saturated carbocycles. The fraction of sp³-hybridized carbons (Fsp3) is 0. The molecule has 0 bridgehead atoms. The van der Waals surface area contributed by atoms with Crippen LogP contribution in [0.1, 0.15) is 11.1 Å². The molecule has 0 N–H and O–H groups in total. The Bertz CT molecular complexity index is 1380. The van der Waals surface area contributed by atoms with Gasteiger partial charge in [-0.1, -0.05) is 0 Å². The van der Waals surface area contributed by atoms with E-state index in [0.29, 0.717) is 0 Å². The zero-order valence-corrected chi connectivity index (χ0v) is 18.2. The van der Waals surface area contributed by atoms with Gasteiger partial charge in [0.1, 0.15) is 0 Å². The molecule has 1 aliphatic rings. The van der Waals surface area contributed by atoms with E-state index < -0.39 is 29.7 Å². The molecule has 1 heterocycles. The summed E-state index contributed by atoms with van der Waals surface area (Å²) in [7, 11) is -4.50. The van der Waals surface area contributed by atoms with Gasteiger partial charge >= 0.3 is 177 Å². The summed E-state index contributed by atoms with van der Waals surface area (Å²) in [6, 6.07) is 29.8. The molecule has 0 atom stereocenters. The van der Waals surface area contributed by atoms with E-state index in [-0.39, 0.29) is 0 Å². The SMILES string of the molecule is [O-][Cl+3]([O-])([O-])O[Te]1=c2ccccc2=C(c2ccc3ccccc3c2)c2ccccc21. The quantitative estimate of drug-likeness (QED) is 0.359. The van der Waals surface area contributed by atoms with Crippen molar-refractivity contribution in [2.24, 2.45) is 0 Å².